The molecule has 1 aliphatic carbocycles. The second-order valence-corrected chi connectivity index (χ2v) is 7.94. The summed E-state index contributed by atoms with van der Waals surface area (Å²) in [5.74, 6) is 0.681. The molecule has 2 aromatic rings. The van der Waals surface area contributed by atoms with Crippen molar-refractivity contribution in [2.45, 2.75) is 62.4 Å². The second kappa shape index (κ2) is 7.98. The number of benzene rings is 2. The first-order valence-electron chi connectivity index (χ1n) is 10.2. The van der Waals surface area contributed by atoms with Gasteiger partial charge >= 0.3 is 0 Å². The Morgan fingerprint density at radius 2 is 1.35 bits per heavy atom. The Balaban J connectivity index is 1.66. The summed E-state index contributed by atoms with van der Waals surface area (Å²) in [7, 11) is 2.47. The molecule has 1 unspecified atom stereocenters. The highest BCUT2D eigenvalue weighted by Crippen LogP contribution is 2.41. The maximum atomic E-state index is 12.1. The summed E-state index contributed by atoms with van der Waals surface area (Å²) in [6, 6.07) is 20.6. The van der Waals surface area contributed by atoms with Gasteiger partial charge in [0.15, 0.2) is 0 Å². The predicted molar refractivity (Wildman–Crippen MR) is 108 cm³/mol. The van der Waals surface area contributed by atoms with Crippen molar-refractivity contribution >= 4 is 7.41 Å². The number of hydrogen-bond donors (Lipinski definition) is 1. The largest absolute Gasteiger partial charge is 0.379 e. The van der Waals surface area contributed by atoms with Crippen molar-refractivity contribution in [2.75, 3.05) is 6.54 Å². The fourth-order valence-electron chi connectivity index (χ4n) is 4.91. The maximum absolute atomic E-state index is 12.1. The quantitative estimate of drug-likeness (QED) is 0.789. The van der Waals surface area contributed by atoms with E-state index in [1.54, 1.807) is 0 Å². The second-order valence-electron chi connectivity index (χ2n) is 7.94. The van der Waals surface area contributed by atoms with Crippen LogP contribution in [0.4, 0.5) is 0 Å². The van der Waals surface area contributed by atoms with E-state index in [1.165, 1.54) is 32.1 Å². The molecule has 1 heterocycles. The molecule has 3 heteroatoms. The summed E-state index contributed by atoms with van der Waals surface area (Å²) >= 11 is 0. The van der Waals surface area contributed by atoms with E-state index in [0.29, 0.717) is 5.82 Å². The zero-order chi connectivity index (χ0) is 17.8. The van der Waals surface area contributed by atoms with Crippen LogP contribution in [-0.2, 0) is 5.60 Å². The van der Waals surface area contributed by atoms with E-state index in [-0.39, 0.29) is 6.04 Å². The molecule has 2 aliphatic rings. The molecule has 135 valence electrons. The van der Waals surface area contributed by atoms with Gasteiger partial charge in [-0.1, -0.05) is 98.6 Å². The highest BCUT2D eigenvalue weighted by Gasteiger charge is 2.45. The van der Waals surface area contributed by atoms with E-state index < -0.39 is 5.60 Å². The Hall–Kier alpha value is -1.58. The molecule has 2 aromatic carbocycles. The highest BCUT2D eigenvalue weighted by atomic mass is 16.3. The molecule has 1 saturated carbocycles. The SMILES string of the molecule is OC(c1ccccc1)(c1ccccc1)C1CCCN1[B]C1CCCCC1. The number of rotatable bonds is 5. The van der Waals surface area contributed by atoms with E-state index in [1.807, 2.05) is 36.4 Å². The van der Waals surface area contributed by atoms with E-state index in [4.69, 9.17) is 0 Å². The van der Waals surface area contributed by atoms with Crippen molar-refractivity contribution in [1.29, 1.82) is 0 Å². The number of nitrogens with zero attached hydrogens (tertiary/aromatic N) is 1. The molecule has 1 N–H and O–H groups in total. The average molecular weight is 346 g/mol. The van der Waals surface area contributed by atoms with Crippen LogP contribution >= 0.6 is 0 Å². The molecule has 1 radical (unpaired) electrons. The Kier molecular flexibility index (Phi) is 5.47. The molecule has 2 nitrogen and oxygen atoms in total. The van der Waals surface area contributed by atoms with Gasteiger partial charge < -0.3 is 9.92 Å². The van der Waals surface area contributed by atoms with Crippen LogP contribution in [0.15, 0.2) is 60.7 Å². The zero-order valence-corrected chi connectivity index (χ0v) is 15.6. The minimum Gasteiger partial charge on any atom is -0.379 e. The highest BCUT2D eigenvalue weighted by molar-refractivity contribution is 6.34. The molecule has 0 amide bonds. The minimum absolute atomic E-state index is 0.106. The number of aliphatic hydroxyl groups is 1. The fourth-order valence-corrected chi connectivity index (χ4v) is 4.91. The molecule has 1 saturated heterocycles. The lowest BCUT2D eigenvalue weighted by molar-refractivity contribution is 0.0193. The van der Waals surface area contributed by atoms with Crippen molar-refractivity contribution in [3.63, 3.8) is 0 Å². The van der Waals surface area contributed by atoms with Gasteiger partial charge in [0.05, 0.1) is 0 Å². The lowest BCUT2D eigenvalue weighted by atomic mass is 9.64. The average Bonchev–Trinajstić information content (AvgIpc) is 3.18. The van der Waals surface area contributed by atoms with Crippen LogP contribution in [0.2, 0.25) is 5.82 Å². The van der Waals surface area contributed by atoms with Crippen LogP contribution in [-0.4, -0.2) is 29.9 Å². The van der Waals surface area contributed by atoms with Crippen molar-refractivity contribution in [3.8, 4) is 0 Å². The fraction of sp³-hybridized carbons (Fsp3) is 0.478. The molecular weight excluding hydrogens is 317 g/mol. The third kappa shape index (κ3) is 3.48. The van der Waals surface area contributed by atoms with Gasteiger partial charge in [0.1, 0.15) is 5.60 Å². The molecule has 1 aliphatic heterocycles. The summed E-state index contributed by atoms with van der Waals surface area (Å²) in [4.78, 5) is 2.47. The van der Waals surface area contributed by atoms with Crippen molar-refractivity contribution in [1.82, 2.24) is 4.81 Å². The monoisotopic (exact) mass is 346 g/mol. The molecule has 4 rings (SSSR count). The first-order chi connectivity index (χ1) is 12.8. The lowest BCUT2D eigenvalue weighted by Gasteiger charge is -2.41. The normalized spacial score (nSPS) is 22.4. The molecule has 1 atom stereocenters. The molecule has 0 aromatic heterocycles. The van der Waals surface area contributed by atoms with E-state index in [0.717, 1.165) is 30.5 Å². The minimum atomic E-state index is -0.968. The van der Waals surface area contributed by atoms with Gasteiger partial charge in [-0.3, -0.25) is 0 Å². The molecular formula is C23H29BNO. The zero-order valence-electron chi connectivity index (χ0n) is 15.6. The molecule has 0 bridgehead atoms. The Labute approximate surface area is 158 Å². The van der Waals surface area contributed by atoms with Crippen molar-refractivity contribution in [3.05, 3.63) is 71.8 Å². The number of hydrogen-bond acceptors (Lipinski definition) is 2. The van der Waals surface area contributed by atoms with Crippen LogP contribution in [0, 0.1) is 0 Å². The lowest BCUT2D eigenvalue weighted by Crippen LogP contribution is -2.50. The van der Waals surface area contributed by atoms with E-state index in [9.17, 15) is 5.11 Å². The molecule has 0 spiro atoms. The smallest absolute Gasteiger partial charge is 0.212 e. The summed E-state index contributed by atoms with van der Waals surface area (Å²) in [6.07, 6.45) is 8.87. The third-order valence-electron chi connectivity index (χ3n) is 6.26. The Morgan fingerprint density at radius 3 is 1.92 bits per heavy atom. The topological polar surface area (TPSA) is 23.5 Å². The van der Waals surface area contributed by atoms with Gasteiger partial charge in [0, 0.05) is 6.04 Å². The van der Waals surface area contributed by atoms with Gasteiger partial charge in [0.25, 0.3) is 0 Å². The predicted octanol–water partition coefficient (Wildman–Crippen LogP) is 4.76. The van der Waals surface area contributed by atoms with Crippen LogP contribution in [0.5, 0.6) is 0 Å². The van der Waals surface area contributed by atoms with Crippen LogP contribution < -0.4 is 0 Å². The summed E-state index contributed by atoms with van der Waals surface area (Å²) in [5.41, 5.74) is 1.03. The van der Waals surface area contributed by atoms with Gasteiger partial charge in [-0.15, -0.1) is 0 Å². The van der Waals surface area contributed by atoms with Crippen molar-refractivity contribution < 1.29 is 5.11 Å². The van der Waals surface area contributed by atoms with Crippen LogP contribution in [0.3, 0.4) is 0 Å². The molecule has 26 heavy (non-hydrogen) atoms. The van der Waals surface area contributed by atoms with Crippen LogP contribution in [0.25, 0.3) is 0 Å². The van der Waals surface area contributed by atoms with Crippen molar-refractivity contribution in [2.24, 2.45) is 0 Å². The summed E-state index contributed by atoms with van der Waals surface area (Å²) < 4.78 is 0. The Morgan fingerprint density at radius 1 is 0.769 bits per heavy atom. The van der Waals surface area contributed by atoms with Crippen LogP contribution in [0.1, 0.15) is 56.1 Å². The molecule has 2 fully saturated rings. The van der Waals surface area contributed by atoms with Gasteiger partial charge in [0.2, 0.25) is 7.41 Å². The van der Waals surface area contributed by atoms with E-state index >= 15 is 0 Å². The van der Waals surface area contributed by atoms with Gasteiger partial charge in [-0.2, -0.15) is 0 Å². The third-order valence-corrected chi connectivity index (χ3v) is 6.26. The summed E-state index contributed by atoms with van der Waals surface area (Å²) in [5, 5.41) is 12.1. The summed E-state index contributed by atoms with van der Waals surface area (Å²) in [6.45, 7) is 1.06. The standard InChI is InChI=1S/C23H29BNO/c26-23(19-11-4-1-5-12-19,20-13-6-2-7-14-20)22-17-10-18-25(22)24-21-15-8-3-9-16-21/h1-2,4-7,11-14,21-22,26H,3,8-10,15-18H2. The van der Waals surface area contributed by atoms with E-state index in [2.05, 4.69) is 36.5 Å². The first-order valence-corrected chi connectivity index (χ1v) is 10.2. The Bertz CT molecular complexity index is 644. The van der Waals surface area contributed by atoms with Gasteiger partial charge in [-0.05, 0) is 30.5 Å². The maximum Gasteiger partial charge on any atom is 0.212 e. The van der Waals surface area contributed by atoms with Gasteiger partial charge in [-0.25, -0.2) is 0 Å². The first kappa shape index (κ1) is 17.8.